The lowest BCUT2D eigenvalue weighted by Crippen LogP contribution is -2.03. The van der Waals surface area contributed by atoms with Crippen LogP contribution in [0.2, 0.25) is 0 Å². The van der Waals surface area contributed by atoms with Crippen molar-refractivity contribution in [3.05, 3.63) is 53.0 Å². The summed E-state index contributed by atoms with van der Waals surface area (Å²) in [5.41, 5.74) is 10.7. The molecule has 0 spiro atoms. The Labute approximate surface area is 123 Å². The highest BCUT2D eigenvalue weighted by Gasteiger charge is 2.10. The Bertz CT molecular complexity index is 807. The van der Waals surface area contributed by atoms with Gasteiger partial charge in [-0.3, -0.25) is 4.40 Å². The molecular formula is C16H18N4O. The van der Waals surface area contributed by atoms with Gasteiger partial charge in [-0.25, -0.2) is 0 Å². The third kappa shape index (κ3) is 2.31. The Morgan fingerprint density at radius 3 is 2.71 bits per heavy atom. The molecular weight excluding hydrogens is 264 g/mol. The first-order chi connectivity index (χ1) is 10.1. The Balaban J connectivity index is 1.89. The van der Waals surface area contributed by atoms with E-state index < -0.39 is 0 Å². The van der Waals surface area contributed by atoms with Crippen LogP contribution in [0.5, 0.6) is 5.75 Å². The maximum atomic E-state index is 6.02. The molecule has 2 N–H and O–H groups in total. The van der Waals surface area contributed by atoms with Crippen LogP contribution in [0.4, 0.5) is 5.69 Å². The summed E-state index contributed by atoms with van der Waals surface area (Å²) in [4.78, 5) is 0. The van der Waals surface area contributed by atoms with Gasteiger partial charge in [0, 0.05) is 6.20 Å². The second-order valence-electron chi connectivity index (χ2n) is 5.21. The summed E-state index contributed by atoms with van der Waals surface area (Å²) in [6, 6.07) is 7.97. The molecule has 2 heterocycles. The number of hydrogen-bond donors (Lipinski definition) is 1. The molecule has 1 aromatic carbocycles. The van der Waals surface area contributed by atoms with Gasteiger partial charge in [0.05, 0.1) is 5.69 Å². The monoisotopic (exact) mass is 282 g/mol. The number of hydrogen-bond acceptors (Lipinski definition) is 4. The van der Waals surface area contributed by atoms with Gasteiger partial charge in [0.25, 0.3) is 0 Å². The van der Waals surface area contributed by atoms with E-state index >= 15 is 0 Å². The van der Waals surface area contributed by atoms with Crippen LogP contribution in [0.1, 0.15) is 22.5 Å². The van der Waals surface area contributed by atoms with Gasteiger partial charge in [0.1, 0.15) is 12.4 Å². The number of benzene rings is 1. The van der Waals surface area contributed by atoms with Crippen molar-refractivity contribution < 1.29 is 4.74 Å². The van der Waals surface area contributed by atoms with Crippen molar-refractivity contribution in [3.63, 3.8) is 0 Å². The van der Waals surface area contributed by atoms with Gasteiger partial charge in [0.2, 0.25) is 0 Å². The Morgan fingerprint density at radius 2 is 1.90 bits per heavy atom. The molecule has 0 saturated carbocycles. The first-order valence-corrected chi connectivity index (χ1v) is 6.85. The topological polar surface area (TPSA) is 65.4 Å². The van der Waals surface area contributed by atoms with Gasteiger partial charge < -0.3 is 10.5 Å². The number of fused-ring (bicyclic) bond motifs is 1. The summed E-state index contributed by atoms with van der Waals surface area (Å²) in [6.07, 6.45) is 1.92. The van der Waals surface area contributed by atoms with Gasteiger partial charge in [-0.15, -0.1) is 10.2 Å². The lowest BCUT2D eigenvalue weighted by molar-refractivity contribution is 0.292. The molecule has 0 amide bonds. The van der Waals surface area contributed by atoms with Crippen molar-refractivity contribution in [1.29, 1.82) is 0 Å². The molecule has 0 atom stereocenters. The van der Waals surface area contributed by atoms with E-state index in [1.165, 1.54) is 5.56 Å². The molecule has 0 radical (unpaired) electrons. The third-order valence-corrected chi connectivity index (χ3v) is 3.82. The molecule has 108 valence electrons. The highest BCUT2D eigenvalue weighted by atomic mass is 16.5. The molecule has 5 heteroatoms. The number of anilines is 1. The number of aryl methyl sites for hydroxylation is 2. The van der Waals surface area contributed by atoms with Crippen molar-refractivity contribution in [2.75, 3.05) is 5.73 Å². The smallest absolute Gasteiger partial charge is 0.184 e. The lowest BCUT2D eigenvalue weighted by Gasteiger charge is -2.10. The van der Waals surface area contributed by atoms with Crippen LogP contribution in [0.3, 0.4) is 0 Å². The van der Waals surface area contributed by atoms with E-state index in [4.69, 9.17) is 10.5 Å². The number of rotatable bonds is 3. The first-order valence-electron chi connectivity index (χ1n) is 6.85. The predicted octanol–water partition coefficient (Wildman–Crippen LogP) is 2.82. The molecule has 0 unspecified atom stereocenters. The van der Waals surface area contributed by atoms with E-state index in [0.29, 0.717) is 17.9 Å². The van der Waals surface area contributed by atoms with Gasteiger partial charge in [-0.1, -0.05) is 12.1 Å². The van der Waals surface area contributed by atoms with E-state index in [2.05, 4.69) is 23.2 Å². The highest BCUT2D eigenvalue weighted by molar-refractivity contribution is 5.68. The van der Waals surface area contributed by atoms with E-state index in [1.54, 1.807) is 0 Å². The molecule has 2 aromatic heterocycles. The molecule has 0 saturated heterocycles. The third-order valence-electron chi connectivity index (χ3n) is 3.82. The van der Waals surface area contributed by atoms with Crippen molar-refractivity contribution >= 4 is 11.3 Å². The van der Waals surface area contributed by atoms with Gasteiger partial charge in [0.15, 0.2) is 11.5 Å². The van der Waals surface area contributed by atoms with Gasteiger partial charge in [-0.2, -0.15) is 0 Å². The molecule has 5 nitrogen and oxygen atoms in total. The number of nitrogens with two attached hydrogens (primary N) is 1. The maximum absolute atomic E-state index is 6.02. The number of ether oxygens (including phenoxy) is 1. The molecule has 21 heavy (non-hydrogen) atoms. The van der Waals surface area contributed by atoms with Crippen LogP contribution < -0.4 is 10.5 Å². The first kappa shape index (κ1) is 13.4. The second-order valence-corrected chi connectivity index (χ2v) is 5.21. The molecule has 0 aliphatic carbocycles. The number of nitrogens with zero attached hydrogens (tertiary/aromatic N) is 3. The SMILES string of the molecule is Cc1cccc(OCc2nnc3c(N)c(C)ccn23)c1C. The van der Waals surface area contributed by atoms with Crippen LogP contribution in [-0.4, -0.2) is 14.6 Å². The molecule has 3 aromatic rings. The fourth-order valence-corrected chi connectivity index (χ4v) is 2.24. The summed E-state index contributed by atoms with van der Waals surface area (Å²) >= 11 is 0. The summed E-state index contributed by atoms with van der Waals surface area (Å²) < 4.78 is 7.74. The summed E-state index contributed by atoms with van der Waals surface area (Å²) in [5.74, 6) is 1.60. The largest absolute Gasteiger partial charge is 0.485 e. The minimum Gasteiger partial charge on any atom is -0.485 e. The summed E-state index contributed by atoms with van der Waals surface area (Å²) in [5, 5.41) is 8.31. The normalized spacial score (nSPS) is 11.0. The van der Waals surface area contributed by atoms with E-state index in [0.717, 1.165) is 22.7 Å². The minimum atomic E-state index is 0.355. The molecule has 0 aliphatic heterocycles. The van der Waals surface area contributed by atoms with Crippen LogP contribution >= 0.6 is 0 Å². The van der Waals surface area contributed by atoms with Crippen molar-refractivity contribution in [2.24, 2.45) is 0 Å². The highest BCUT2D eigenvalue weighted by Crippen LogP contribution is 2.22. The zero-order valence-electron chi connectivity index (χ0n) is 12.4. The molecule has 0 bridgehead atoms. The standard InChI is InChI=1S/C16H18N4O/c1-10-5-4-6-13(12(10)3)21-9-14-18-19-16-15(17)11(2)7-8-20(14)16/h4-8H,9,17H2,1-3H3. The van der Waals surface area contributed by atoms with Crippen LogP contribution in [-0.2, 0) is 6.61 Å². The summed E-state index contributed by atoms with van der Waals surface area (Å²) in [7, 11) is 0. The van der Waals surface area contributed by atoms with Crippen LogP contribution in [0.15, 0.2) is 30.5 Å². The molecule has 0 aliphatic rings. The van der Waals surface area contributed by atoms with E-state index in [9.17, 15) is 0 Å². The zero-order chi connectivity index (χ0) is 15.0. The Kier molecular flexibility index (Phi) is 3.25. The Morgan fingerprint density at radius 1 is 1.10 bits per heavy atom. The lowest BCUT2D eigenvalue weighted by atomic mass is 10.1. The van der Waals surface area contributed by atoms with Crippen molar-refractivity contribution in [1.82, 2.24) is 14.6 Å². The maximum Gasteiger partial charge on any atom is 0.184 e. The number of pyridine rings is 1. The van der Waals surface area contributed by atoms with E-state index in [-0.39, 0.29) is 0 Å². The molecule has 3 rings (SSSR count). The fraction of sp³-hybridized carbons (Fsp3) is 0.250. The number of nitrogen functional groups attached to an aromatic ring is 1. The van der Waals surface area contributed by atoms with E-state index in [1.807, 2.05) is 42.6 Å². The summed E-state index contributed by atoms with van der Waals surface area (Å²) in [6.45, 7) is 6.43. The van der Waals surface area contributed by atoms with Crippen LogP contribution in [0.25, 0.3) is 5.65 Å². The van der Waals surface area contributed by atoms with Crippen molar-refractivity contribution in [3.8, 4) is 5.75 Å². The minimum absolute atomic E-state index is 0.355. The van der Waals surface area contributed by atoms with Crippen molar-refractivity contribution in [2.45, 2.75) is 27.4 Å². The predicted molar refractivity (Wildman–Crippen MR) is 82.4 cm³/mol. The zero-order valence-corrected chi connectivity index (χ0v) is 12.4. The molecule has 0 fully saturated rings. The van der Waals surface area contributed by atoms with Gasteiger partial charge >= 0.3 is 0 Å². The van der Waals surface area contributed by atoms with Gasteiger partial charge in [-0.05, 0) is 49.6 Å². The average molecular weight is 282 g/mol. The van der Waals surface area contributed by atoms with Crippen LogP contribution in [0, 0.1) is 20.8 Å². The quantitative estimate of drug-likeness (QED) is 0.802. The average Bonchev–Trinajstić information content (AvgIpc) is 2.88. The fourth-order valence-electron chi connectivity index (χ4n) is 2.24. The Hall–Kier alpha value is -2.56. The number of aromatic nitrogens is 3. The second kappa shape index (κ2) is 5.09.